The summed E-state index contributed by atoms with van der Waals surface area (Å²) < 4.78 is 14.4. The molecule has 0 spiro atoms. The highest BCUT2D eigenvalue weighted by Gasteiger charge is 2.11. The van der Waals surface area contributed by atoms with E-state index in [0.29, 0.717) is 11.4 Å². The topological polar surface area (TPSA) is 12.0 Å². The van der Waals surface area contributed by atoms with Crippen LogP contribution >= 0.6 is 39.3 Å². The van der Waals surface area contributed by atoms with Crippen molar-refractivity contribution in [3.63, 3.8) is 0 Å². The highest BCUT2D eigenvalue weighted by atomic mass is 79.9. The quantitative estimate of drug-likeness (QED) is 0.686. The first-order valence-corrected chi connectivity index (χ1v) is 8.73. The van der Waals surface area contributed by atoms with Crippen LogP contribution in [0.5, 0.6) is 0 Å². The molecule has 1 unspecified atom stereocenters. The van der Waals surface area contributed by atoms with Crippen LogP contribution in [0, 0.1) is 5.82 Å². The molecular weight excluding hydrogens is 373 g/mol. The summed E-state index contributed by atoms with van der Waals surface area (Å²) in [6, 6.07) is 12.9. The molecule has 0 fully saturated rings. The maximum Gasteiger partial charge on any atom is 0.123 e. The Morgan fingerprint density at radius 1 is 1.29 bits per heavy atom. The fourth-order valence-electron chi connectivity index (χ4n) is 1.96. The molecule has 1 nitrogen and oxygen atoms in total. The molecule has 0 aliphatic heterocycles. The maximum atomic E-state index is 13.3. The number of nitrogens with one attached hydrogen (secondary N) is 1. The number of rotatable bonds is 6. The van der Waals surface area contributed by atoms with Crippen molar-refractivity contribution < 1.29 is 4.39 Å². The van der Waals surface area contributed by atoms with Gasteiger partial charge in [0.05, 0.1) is 0 Å². The van der Waals surface area contributed by atoms with Crippen molar-refractivity contribution in [2.24, 2.45) is 0 Å². The van der Waals surface area contributed by atoms with Crippen LogP contribution in [-0.2, 0) is 6.42 Å². The van der Waals surface area contributed by atoms with Gasteiger partial charge in [0.25, 0.3) is 0 Å². The standard InChI is InChI=1S/C16H16BrClFNS/c1-20-14(8-11-7-13(19)5-6-16(11)18)10-21-15-4-2-3-12(17)9-15/h2-7,9,14,20H,8,10H2,1H3. The molecular formula is C16H16BrClFNS. The molecule has 2 rings (SSSR count). The third-order valence-corrected chi connectivity index (χ3v) is 5.15. The van der Waals surface area contributed by atoms with Crippen molar-refractivity contribution in [3.8, 4) is 0 Å². The van der Waals surface area contributed by atoms with Gasteiger partial charge in [0.2, 0.25) is 0 Å². The molecule has 0 aliphatic carbocycles. The Balaban J connectivity index is 1.98. The number of halogens is 3. The predicted octanol–water partition coefficient (Wildman–Crippen LogP) is 5.16. The predicted molar refractivity (Wildman–Crippen MR) is 92.8 cm³/mol. The molecule has 0 bridgehead atoms. The van der Waals surface area contributed by atoms with Gasteiger partial charge in [-0.2, -0.15) is 0 Å². The van der Waals surface area contributed by atoms with Crippen LogP contribution in [0.15, 0.2) is 51.8 Å². The summed E-state index contributed by atoms with van der Waals surface area (Å²) in [6.45, 7) is 0. The summed E-state index contributed by atoms with van der Waals surface area (Å²) in [5.74, 6) is 0.642. The van der Waals surface area contributed by atoms with E-state index in [0.717, 1.165) is 15.8 Å². The summed E-state index contributed by atoms with van der Waals surface area (Å²) in [4.78, 5) is 1.20. The van der Waals surface area contributed by atoms with Crippen LogP contribution in [0.4, 0.5) is 4.39 Å². The first-order valence-electron chi connectivity index (χ1n) is 6.58. The number of benzene rings is 2. The SMILES string of the molecule is CNC(CSc1cccc(Br)c1)Cc1cc(F)ccc1Cl. The molecule has 112 valence electrons. The van der Waals surface area contributed by atoms with E-state index in [1.54, 1.807) is 17.8 Å². The fraction of sp³-hybridized carbons (Fsp3) is 0.250. The van der Waals surface area contributed by atoms with E-state index >= 15 is 0 Å². The maximum absolute atomic E-state index is 13.3. The Morgan fingerprint density at radius 2 is 2.10 bits per heavy atom. The van der Waals surface area contributed by atoms with Gasteiger partial charge in [-0.1, -0.05) is 33.6 Å². The molecule has 0 saturated heterocycles. The van der Waals surface area contributed by atoms with Crippen LogP contribution in [0.2, 0.25) is 5.02 Å². The molecule has 2 aromatic carbocycles. The third-order valence-electron chi connectivity index (χ3n) is 3.13. The largest absolute Gasteiger partial charge is 0.316 e. The van der Waals surface area contributed by atoms with E-state index in [1.807, 2.05) is 19.2 Å². The van der Waals surface area contributed by atoms with E-state index in [2.05, 4.69) is 33.4 Å². The van der Waals surface area contributed by atoms with Crippen LogP contribution < -0.4 is 5.32 Å². The number of hydrogen-bond donors (Lipinski definition) is 1. The monoisotopic (exact) mass is 387 g/mol. The van der Waals surface area contributed by atoms with Crippen LogP contribution in [0.25, 0.3) is 0 Å². The van der Waals surface area contributed by atoms with Crippen LogP contribution in [0.1, 0.15) is 5.56 Å². The van der Waals surface area contributed by atoms with Gasteiger partial charge in [-0.3, -0.25) is 0 Å². The smallest absolute Gasteiger partial charge is 0.123 e. The number of hydrogen-bond acceptors (Lipinski definition) is 2. The Kier molecular flexibility index (Phi) is 6.55. The zero-order chi connectivity index (χ0) is 15.2. The van der Waals surface area contributed by atoms with Gasteiger partial charge in [0.1, 0.15) is 5.82 Å². The molecule has 0 aromatic heterocycles. The molecule has 0 aliphatic rings. The van der Waals surface area contributed by atoms with E-state index < -0.39 is 0 Å². The van der Waals surface area contributed by atoms with E-state index in [-0.39, 0.29) is 11.9 Å². The van der Waals surface area contributed by atoms with Gasteiger partial charge in [-0.15, -0.1) is 11.8 Å². The highest BCUT2D eigenvalue weighted by Crippen LogP contribution is 2.24. The molecule has 1 atom stereocenters. The van der Waals surface area contributed by atoms with Gasteiger partial charge in [-0.25, -0.2) is 4.39 Å². The minimum absolute atomic E-state index is 0.230. The molecule has 0 heterocycles. The average Bonchev–Trinajstić information content (AvgIpc) is 2.47. The second kappa shape index (κ2) is 8.18. The summed E-state index contributed by atoms with van der Waals surface area (Å²) in [6.07, 6.45) is 0.702. The van der Waals surface area contributed by atoms with Crippen LogP contribution in [0.3, 0.4) is 0 Å². The fourth-order valence-corrected chi connectivity index (χ4v) is 3.77. The molecule has 2 aromatic rings. The molecule has 0 saturated carbocycles. The lowest BCUT2D eigenvalue weighted by Gasteiger charge is -2.17. The minimum Gasteiger partial charge on any atom is -0.316 e. The zero-order valence-electron chi connectivity index (χ0n) is 11.6. The Bertz CT molecular complexity index is 609. The summed E-state index contributed by atoms with van der Waals surface area (Å²) in [5.41, 5.74) is 0.839. The lowest BCUT2D eigenvalue weighted by atomic mass is 10.1. The van der Waals surface area contributed by atoms with Crippen LogP contribution in [-0.4, -0.2) is 18.8 Å². The number of likely N-dealkylation sites (N-methyl/N-ethyl adjacent to an activating group) is 1. The van der Waals surface area contributed by atoms with Crippen molar-refractivity contribution in [2.45, 2.75) is 17.4 Å². The Morgan fingerprint density at radius 3 is 2.81 bits per heavy atom. The normalized spacial score (nSPS) is 12.4. The van der Waals surface area contributed by atoms with Gasteiger partial charge < -0.3 is 5.32 Å². The molecule has 0 radical (unpaired) electrons. The van der Waals surface area contributed by atoms with Gasteiger partial charge >= 0.3 is 0 Å². The van der Waals surface area contributed by atoms with E-state index in [9.17, 15) is 4.39 Å². The van der Waals surface area contributed by atoms with Crippen molar-refractivity contribution in [1.82, 2.24) is 5.32 Å². The Hall–Kier alpha value is -0.550. The second-order valence-electron chi connectivity index (χ2n) is 4.69. The average molecular weight is 389 g/mol. The molecule has 0 amide bonds. The van der Waals surface area contributed by atoms with Crippen molar-refractivity contribution in [1.29, 1.82) is 0 Å². The summed E-state index contributed by atoms with van der Waals surface area (Å²) in [7, 11) is 1.92. The van der Waals surface area contributed by atoms with E-state index in [1.165, 1.54) is 17.0 Å². The van der Waals surface area contributed by atoms with Crippen molar-refractivity contribution in [2.75, 3.05) is 12.8 Å². The second-order valence-corrected chi connectivity index (χ2v) is 7.11. The van der Waals surface area contributed by atoms with Gasteiger partial charge in [0, 0.05) is 26.2 Å². The Labute approximate surface area is 142 Å². The molecule has 21 heavy (non-hydrogen) atoms. The highest BCUT2D eigenvalue weighted by molar-refractivity contribution is 9.10. The minimum atomic E-state index is -0.246. The first kappa shape index (κ1) is 16.8. The van der Waals surface area contributed by atoms with Crippen molar-refractivity contribution >= 4 is 39.3 Å². The number of thioether (sulfide) groups is 1. The van der Waals surface area contributed by atoms with E-state index in [4.69, 9.17) is 11.6 Å². The zero-order valence-corrected chi connectivity index (χ0v) is 14.7. The van der Waals surface area contributed by atoms with Gasteiger partial charge in [-0.05, 0) is 55.4 Å². The summed E-state index contributed by atoms with van der Waals surface area (Å²) >= 11 is 11.4. The summed E-state index contributed by atoms with van der Waals surface area (Å²) in [5, 5.41) is 3.88. The first-order chi connectivity index (χ1) is 10.1. The molecule has 5 heteroatoms. The van der Waals surface area contributed by atoms with Crippen molar-refractivity contribution in [3.05, 3.63) is 63.3 Å². The lowest BCUT2D eigenvalue weighted by Crippen LogP contribution is -2.30. The van der Waals surface area contributed by atoms with Gasteiger partial charge in [0.15, 0.2) is 0 Å². The lowest BCUT2D eigenvalue weighted by molar-refractivity contribution is 0.603. The molecule has 1 N–H and O–H groups in total. The third kappa shape index (κ3) is 5.29.